The fourth-order valence-corrected chi connectivity index (χ4v) is 1.61. The number of hydrogen-bond acceptors (Lipinski definition) is 3. The van der Waals surface area contributed by atoms with Gasteiger partial charge >= 0.3 is 5.97 Å². The molecule has 1 aromatic carbocycles. The van der Waals surface area contributed by atoms with E-state index < -0.39 is 12.0 Å². The van der Waals surface area contributed by atoms with Gasteiger partial charge < -0.3 is 15.9 Å². The SMILES string of the molecule is Cc1cc(O)cc(C(N)C(=O)O)c1Br. The van der Waals surface area contributed by atoms with E-state index in [1.807, 2.05) is 0 Å². The maximum absolute atomic E-state index is 10.6. The summed E-state index contributed by atoms with van der Waals surface area (Å²) >= 11 is 3.23. The van der Waals surface area contributed by atoms with Crippen molar-refractivity contribution in [3.8, 4) is 5.75 Å². The Kier molecular flexibility index (Phi) is 3.13. The first-order valence-corrected chi connectivity index (χ1v) is 4.70. The molecule has 0 heterocycles. The highest BCUT2D eigenvalue weighted by molar-refractivity contribution is 9.10. The molecule has 0 radical (unpaired) electrons. The van der Waals surface area contributed by atoms with E-state index in [1.165, 1.54) is 12.1 Å². The van der Waals surface area contributed by atoms with Gasteiger partial charge in [0.15, 0.2) is 0 Å². The van der Waals surface area contributed by atoms with Gasteiger partial charge in [-0.25, -0.2) is 0 Å². The van der Waals surface area contributed by atoms with Gasteiger partial charge in [-0.1, -0.05) is 15.9 Å². The molecule has 0 spiro atoms. The zero-order chi connectivity index (χ0) is 10.9. The van der Waals surface area contributed by atoms with Gasteiger partial charge in [0, 0.05) is 4.47 Å². The van der Waals surface area contributed by atoms with Crippen LogP contribution in [0.15, 0.2) is 16.6 Å². The smallest absolute Gasteiger partial charge is 0.325 e. The van der Waals surface area contributed by atoms with Gasteiger partial charge in [0.25, 0.3) is 0 Å². The van der Waals surface area contributed by atoms with Crippen LogP contribution in [0.1, 0.15) is 17.2 Å². The lowest BCUT2D eigenvalue weighted by Gasteiger charge is -2.11. The summed E-state index contributed by atoms with van der Waals surface area (Å²) in [6.07, 6.45) is 0. The van der Waals surface area contributed by atoms with Gasteiger partial charge in [-0.2, -0.15) is 0 Å². The number of nitrogens with two attached hydrogens (primary N) is 1. The van der Waals surface area contributed by atoms with Gasteiger partial charge in [-0.15, -0.1) is 0 Å². The van der Waals surface area contributed by atoms with Crippen LogP contribution in [0.3, 0.4) is 0 Å². The number of aliphatic carboxylic acids is 1. The van der Waals surface area contributed by atoms with Gasteiger partial charge in [-0.3, -0.25) is 4.79 Å². The van der Waals surface area contributed by atoms with E-state index in [4.69, 9.17) is 10.8 Å². The fourth-order valence-electron chi connectivity index (χ4n) is 1.14. The van der Waals surface area contributed by atoms with Crippen molar-refractivity contribution in [2.24, 2.45) is 5.73 Å². The first-order valence-electron chi connectivity index (χ1n) is 3.91. The van der Waals surface area contributed by atoms with Gasteiger partial charge in [0.1, 0.15) is 11.8 Å². The second-order valence-electron chi connectivity index (χ2n) is 2.98. The number of carbonyl (C=O) groups is 1. The minimum atomic E-state index is -1.13. The van der Waals surface area contributed by atoms with Crippen molar-refractivity contribution in [3.63, 3.8) is 0 Å². The minimum Gasteiger partial charge on any atom is -0.508 e. The third-order valence-corrected chi connectivity index (χ3v) is 2.95. The molecular formula is C9H10BrNO3. The lowest BCUT2D eigenvalue weighted by atomic mass is 10.0. The average Bonchev–Trinajstić information content (AvgIpc) is 2.09. The van der Waals surface area contributed by atoms with E-state index in [0.717, 1.165) is 5.56 Å². The molecule has 0 aliphatic carbocycles. The Hall–Kier alpha value is -1.07. The van der Waals surface area contributed by atoms with Crippen molar-refractivity contribution in [1.82, 2.24) is 0 Å². The molecule has 14 heavy (non-hydrogen) atoms. The number of benzene rings is 1. The summed E-state index contributed by atoms with van der Waals surface area (Å²) in [5.74, 6) is -1.12. The summed E-state index contributed by atoms with van der Waals surface area (Å²) in [6.45, 7) is 1.75. The Morgan fingerprint density at radius 2 is 2.14 bits per heavy atom. The highest BCUT2D eigenvalue weighted by atomic mass is 79.9. The number of halogens is 1. The number of phenolic OH excluding ortho intramolecular Hbond substituents is 1. The van der Waals surface area contributed by atoms with E-state index in [-0.39, 0.29) is 5.75 Å². The quantitative estimate of drug-likeness (QED) is 0.753. The van der Waals surface area contributed by atoms with E-state index in [1.54, 1.807) is 6.92 Å². The van der Waals surface area contributed by atoms with Gasteiger partial charge in [0.05, 0.1) is 0 Å². The van der Waals surface area contributed by atoms with Crippen molar-refractivity contribution in [2.45, 2.75) is 13.0 Å². The van der Waals surface area contributed by atoms with Crippen LogP contribution < -0.4 is 5.73 Å². The number of aromatic hydroxyl groups is 1. The summed E-state index contributed by atoms with van der Waals surface area (Å²) in [5, 5.41) is 18.0. The summed E-state index contributed by atoms with van der Waals surface area (Å²) in [4.78, 5) is 10.6. The second kappa shape index (κ2) is 3.98. The third-order valence-electron chi connectivity index (χ3n) is 1.87. The highest BCUT2D eigenvalue weighted by Gasteiger charge is 2.18. The molecule has 0 aliphatic rings. The predicted molar refractivity (Wildman–Crippen MR) is 55.1 cm³/mol. The van der Waals surface area contributed by atoms with Crippen molar-refractivity contribution in [1.29, 1.82) is 0 Å². The summed E-state index contributed by atoms with van der Waals surface area (Å²) < 4.78 is 0.616. The maximum atomic E-state index is 10.6. The summed E-state index contributed by atoms with van der Waals surface area (Å²) in [6, 6.07) is 1.74. The Labute approximate surface area is 89.5 Å². The molecule has 4 N–H and O–H groups in total. The number of aryl methyl sites for hydroxylation is 1. The molecule has 76 valence electrons. The monoisotopic (exact) mass is 259 g/mol. The average molecular weight is 260 g/mol. The van der Waals surface area contributed by atoms with Gasteiger partial charge in [-0.05, 0) is 30.2 Å². The number of hydrogen-bond donors (Lipinski definition) is 3. The van der Waals surface area contributed by atoms with Crippen LogP contribution in [0, 0.1) is 6.92 Å². The van der Waals surface area contributed by atoms with Crippen molar-refractivity contribution < 1.29 is 15.0 Å². The Morgan fingerprint density at radius 1 is 1.57 bits per heavy atom. The number of carboxylic acid groups (broad SMARTS) is 1. The van der Waals surface area contributed by atoms with E-state index >= 15 is 0 Å². The standard InChI is InChI=1S/C9H10BrNO3/c1-4-2-5(12)3-6(7(4)10)8(11)9(13)14/h2-3,8,12H,11H2,1H3,(H,13,14). The normalized spacial score (nSPS) is 12.5. The van der Waals surface area contributed by atoms with Crippen LogP contribution in [0.2, 0.25) is 0 Å². The molecule has 0 fully saturated rings. The lowest BCUT2D eigenvalue weighted by molar-refractivity contribution is -0.138. The Balaban J connectivity index is 3.26. The molecule has 0 aromatic heterocycles. The Morgan fingerprint density at radius 3 is 2.64 bits per heavy atom. The van der Waals surface area contributed by atoms with E-state index in [9.17, 15) is 9.90 Å². The predicted octanol–water partition coefficient (Wildman–Crippen LogP) is 1.55. The van der Waals surface area contributed by atoms with E-state index in [2.05, 4.69) is 15.9 Å². The number of rotatable bonds is 2. The van der Waals surface area contributed by atoms with Crippen molar-refractivity contribution >= 4 is 21.9 Å². The molecular weight excluding hydrogens is 250 g/mol. The Bertz CT molecular complexity index is 379. The fraction of sp³-hybridized carbons (Fsp3) is 0.222. The van der Waals surface area contributed by atoms with Crippen molar-refractivity contribution in [2.75, 3.05) is 0 Å². The van der Waals surface area contributed by atoms with Crippen LogP contribution >= 0.6 is 15.9 Å². The van der Waals surface area contributed by atoms with E-state index in [0.29, 0.717) is 10.0 Å². The van der Waals surface area contributed by atoms with Gasteiger partial charge in [0.2, 0.25) is 0 Å². The topological polar surface area (TPSA) is 83.5 Å². The molecule has 1 rings (SSSR count). The summed E-state index contributed by atoms with van der Waals surface area (Å²) in [5.41, 5.74) is 6.55. The third kappa shape index (κ3) is 2.05. The van der Waals surface area contributed by atoms with Crippen LogP contribution in [0.25, 0.3) is 0 Å². The van der Waals surface area contributed by atoms with Crippen LogP contribution in [-0.4, -0.2) is 16.2 Å². The molecule has 0 aliphatic heterocycles. The zero-order valence-corrected chi connectivity index (χ0v) is 9.08. The lowest BCUT2D eigenvalue weighted by Crippen LogP contribution is -2.21. The molecule has 5 heteroatoms. The zero-order valence-electron chi connectivity index (χ0n) is 7.49. The maximum Gasteiger partial charge on any atom is 0.325 e. The molecule has 0 saturated heterocycles. The molecule has 1 unspecified atom stereocenters. The summed E-state index contributed by atoms with van der Waals surface area (Å²) in [7, 11) is 0. The number of phenols is 1. The molecule has 1 aromatic rings. The highest BCUT2D eigenvalue weighted by Crippen LogP contribution is 2.29. The molecule has 0 amide bonds. The molecule has 1 atom stereocenters. The van der Waals surface area contributed by atoms with Crippen molar-refractivity contribution in [3.05, 3.63) is 27.7 Å². The van der Waals surface area contributed by atoms with Crippen LogP contribution in [-0.2, 0) is 4.79 Å². The van der Waals surface area contributed by atoms with Crippen LogP contribution in [0.5, 0.6) is 5.75 Å². The first kappa shape index (κ1) is 11.0. The molecule has 0 saturated carbocycles. The molecule has 4 nitrogen and oxygen atoms in total. The minimum absolute atomic E-state index is 0.0115. The van der Waals surface area contributed by atoms with Crippen LogP contribution in [0.4, 0.5) is 0 Å². The first-order chi connectivity index (χ1) is 6.43. The molecule has 0 bridgehead atoms. The second-order valence-corrected chi connectivity index (χ2v) is 3.77. The largest absolute Gasteiger partial charge is 0.508 e. The number of carboxylic acids is 1.